The van der Waals surface area contributed by atoms with Crippen LogP contribution in [0.2, 0.25) is 0 Å². The molecule has 0 unspecified atom stereocenters. The molecular weight excluding hydrogens is 324 g/mol. The zero-order chi connectivity index (χ0) is 17.9. The first-order chi connectivity index (χ1) is 12.8. The van der Waals surface area contributed by atoms with E-state index in [1.807, 2.05) is 84.9 Å². The molecule has 4 heteroatoms. The van der Waals surface area contributed by atoms with Gasteiger partial charge in [0.05, 0.1) is 7.11 Å². The maximum atomic E-state index is 10.9. The van der Waals surface area contributed by atoms with E-state index in [-0.39, 0.29) is 0 Å². The van der Waals surface area contributed by atoms with Crippen molar-refractivity contribution in [3.05, 3.63) is 84.9 Å². The van der Waals surface area contributed by atoms with Crippen LogP contribution in [0.1, 0.15) is 0 Å². The summed E-state index contributed by atoms with van der Waals surface area (Å²) in [6.45, 7) is 0. The summed E-state index contributed by atoms with van der Waals surface area (Å²) >= 11 is 0. The summed E-state index contributed by atoms with van der Waals surface area (Å²) in [6.07, 6.45) is 0. The Balaban J connectivity index is 1.93. The fourth-order valence-corrected chi connectivity index (χ4v) is 2.99. The summed E-state index contributed by atoms with van der Waals surface area (Å²) in [7, 11) is 1.63. The van der Waals surface area contributed by atoms with Gasteiger partial charge in [-0.15, -0.1) is 0 Å². The molecule has 0 radical (unpaired) electrons. The molecule has 26 heavy (non-hydrogen) atoms. The molecule has 1 aromatic heterocycles. The van der Waals surface area contributed by atoms with Crippen LogP contribution in [0, 0.1) is 0 Å². The summed E-state index contributed by atoms with van der Waals surface area (Å²) in [4.78, 5) is 4.75. The molecule has 0 atom stereocenters. The molecule has 4 rings (SSSR count). The number of ether oxygens (including phenoxy) is 1. The van der Waals surface area contributed by atoms with E-state index in [9.17, 15) is 5.21 Å². The van der Waals surface area contributed by atoms with Crippen LogP contribution in [0.3, 0.4) is 0 Å². The largest absolute Gasteiger partial charge is 0.497 e. The van der Waals surface area contributed by atoms with Gasteiger partial charge in [0.25, 0.3) is 0 Å². The number of nitrogens with zero attached hydrogens (tertiary/aromatic N) is 2. The fourth-order valence-electron chi connectivity index (χ4n) is 2.99. The van der Waals surface area contributed by atoms with Crippen LogP contribution in [-0.4, -0.2) is 22.0 Å². The summed E-state index contributed by atoms with van der Waals surface area (Å²) in [5.41, 5.74) is 4.08. The highest BCUT2D eigenvalue weighted by Gasteiger charge is 2.20. The third kappa shape index (κ3) is 2.82. The van der Waals surface area contributed by atoms with E-state index in [2.05, 4.69) is 0 Å². The molecule has 0 amide bonds. The highest BCUT2D eigenvalue weighted by Crippen LogP contribution is 2.35. The van der Waals surface area contributed by atoms with Gasteiger partial charge < -0.3 is 9.94 Å². The summed E-state index contributed by atoms with van der Waals surface area (Å²) in [5, 5.41) is 10.9. The molecule has 0 saturated heterocycles. The maximum absolute atomic E-state index is 10.9. The second kappa shape index (κ2) is 6.76. The number of hydrogen-bond donors (Lipinski definition) is 1. The van der Waals surface area contributed by atoms with Crippen LogP contribution >= 0.6 is 0 Å². The average Bonchev–Trinajstić information content (AvgIpc) is 3.06. The van der Waals surface area contributed by atoms with Crippen LogP contribution in [0.4, 0.5) is 0 Å². The van der Waals surface area contributed by atoms with Crippen LogP contribution in [0.25, 0.3) is 33.9 Å². The fraction of sp³-hybridized carbons (Fsp3) is 0.0455. The molecule has 0 bridgehead atoms. The van der Waals surface area contributed by atoms with Gasteiger partial charge in [-0.3, -0.25) is 0 Å². The summed E-state index contributed by atoms with van der Waals surface area (Å²) in [6, 6.07) is 27.1. The van der Waals surface area contributed by atoms with Gasteiger partial charge in [-0.1, -0.05) is 60.7 Å². The lowest BCUT2D eigenvalue weighted by Crippen LogP contribution is -1.97. The topological polar surface area (TPSA) is 47.3 Å². The van der Waals surface area contributed by atoms with Gasteiger partial charge in [0, 0.05) is 16.7 Å². The molecule has 1 heterocycles. The predicted octanol–water partition coefficient (Wildman–Crippen LogP) is 5.13. The Kier molecular flexibility index (Phi) is 4.15. The minimum atomic E-state index is 0.491. The second-order valence-electron chi connectivity index (χ2n) is 5.90. The van der Waals surface area contributed by atoms with Gasteiger partial charge in [-0.25, -0.2) is 4.98 Å². The van der Waals surface area contributed by atoms with Crippen molar-refractivity contribution in [3.8, 4) is 39.7 Å². The van der Waals surface area contributed by atoms with Crippen LogP contribution in [0.15, 0.2) is 84.9 Å². The Morgan fingerprint density at radius 1 is 0.731 bits per heavy atom. The lowest BCUT2D eigenvalue weighted by atomic mass is 10.1. The van der Waals surface area contributed by atoms with Crippen molar-refractivity contribution in [2.75, 3.05) is 7.11 Å². The van der Waals surface area contributed by atoms with Crippen molar-refractivity contribution in [3.63, 3.8) is 0 Å². The highest BCUT2D eigenvalue weighted by molar-refractivity contribution is 5.81. The molecule has 4 aromatic rings. The van der Waals surface area contributed by atoms with Crippen molar-refractivity contribution < 1.29 is 9.94 Å². The maximum Gasteiger partial charge on any atom is 0.176 e. The van der Waals surface area contributed by atoms with Gasteiger partial charge in [-0.05, 0) is 24.3 Å². The van der Waals surface area contributed by atoms with Crippen LogP contribution in [0.5, 0.6) is 5.75 Å². The number of methoxy groups -OCH3 is 1. The molecule has 0 spiro atoms. The third-order valence-corrected chi connectivity index (χ3v) is 4.30. The Morgan fingerprint density at radius 2 is 1.31 bits per heavy atom. The smallest absolute Gasteiger partial charge is 0.176 e. The Bertz CT molecular complexity index is 1010. The first-order valence-electron chi connectivity index (χ1n) is 8.35. The number of aromatic nitrogens is 2. The van der Waals surface area contributed by atoms with Gasteiger partial charge in [0.15, 0.2) is 5.82 Å². The van der Waals surface area contributed by atoms with Gasteiger partial charge >= 0.3 is 0 Å². The monoisotopic (exact) mass is 342 g/mol. The average molecular weight is 342 g/mol. The van der Waals surface area contributed by atoms with E-state index in [1.54, 1.807) is 7.11 Å². The minimum Gasteiger partial charge on any atom is -0.497 e. The summed E-state index contributed by atoms with van der Waals surface area (Å²) in [5.74, 6) is 1.25. The molecule has 3 aromatic carbocycles. The van der Waals surface area contributed by atoms with Crippen LogP contribution in [-0.2, 0) is 0 Å². The van der Waals surface area contributed by atoms with Crippen molar-refractivity contribution in [1.29, 1.82) is 0 Å². The Morgan fingerprint density at radius 3 is 1.88 bits per heavy atom. The lowest BCUT2D eigenvalue weighted by Gasteiger charge is -2.07. The number of benzene rings is 3. The molecule has 128 valence electrons. The number of hydrogen-bond acceptors (Lipinski definition) is 3. The minimum absolute atomic E-state index is 0.491. The van der Waals surface area contributed by atoms with E-state index in [0.717, 1.165) is 28.1 Å². The lowest BCUT2D eigenvalue weighted by molar-refractivity contribution is 0.195. The SMILES string of the molecule is COc1ccc(-c2nc(-c3ccccc3)c(-c3ccccc3)n2O)cc1. The zero-order valence-electron chi connectivity index (χ0n) is 14.3. The first-order valence-corrected chi connectivity index (χ1v) is 8.35. The zero-order valence-corrected chi connectivity index (χ0v) is 14.3. The molecule has 4 nitrogen and oxygen atoms in total. The molecule has 1 N–H and O–H groups in total. The number of rotatable bonds is 4. The van der Waals surface area contributed by atoms with Crippen molar-refractivity contribution in [1.82, 2.24) is 9.71 Å². The van der Waals surface area contributed by atoms with E-state index in [0.29, 0.717) is 11.5 Å². The molecule has 0 aliphatic carbocycles. The van der Waals surface area contributed by atoms with E-state index in [1.165, 1.54) is 4.73 Å². The van der Waals surface area contributed by atoms with E-state index in [4.69, 9.17) is 9.72 Å². The Hall–Kier alpha value is -3.53. The van der Waals surface area contributed by atoms with Gasteiger partial charge in [-0.2, -0.15) is 4.73 Å². The van der Waals surface area contributed by atoms with E-state index < -0.39 is 0 Å². The van der Waals surface area contributed by atoms with Crippen LogP contribution < -0.4 is 4.74 Å². The highest BCUT2D eigenvalue weighted by atomic mass is 16.5. The normalized spacial score (nSPS) is 10.7. The number of imidazole rings is 1. The van der Waals surface area contributed by atoms with Crippen molar-refractivity contribution >= 4 is 0 Å². The van der Waals surface area contributed by atoms with Gasteiger partial charge in [0.2, 0.25) is 0 Å². The second-order valence-corrected chi connectivity index (χ2v) is 5.90. The molecule has 0 aliphatic rings. The van der Waals surface area contributed by atoms with Gasteiger partial charge in [0.1, 0.15) is 17.1 Å². The standard InChI is InChI=1S/C22H18N2O2/c1-26-19-14-12-18(13-15-19)22-23-20(16-8-4-2-5-9-16)21(24(22)25)17-10-6-3-7-11-17/h2-15,25H,1H3. The molecule has 0 saturated carbocycles. The van der Waals surface area contributed by atoms with E-state index >= 15 is 0 Å². The third-order valence-electron chi connectivity index (χ3n) is 4.30. The quantitative estimate of drug-likeness (QED) is 0.523. The summed E-state index contributed by atoms with van der Waals surface area (Å²) < 4.78 is 6.38. The molecule has 0 aliphatic heterocycles. The predicted molar refractivity (Wildman–Crippen MR) is 102 cm³/mol. The molecular formula is C22H18N2O2. The first kappa shape index (κ1) is 16.0. The Labute approximate surface area is 151 Å². The van der Waals surface area contributed by atoms with Crippen molar-refractivity contribution in [2.24, 2.45) is 0 Å². The molecule has 0 fully saturated rings. The van der Waals surface area contributed by atoms with Crippen molar-refractivity contribution in [2.45, 2.75) is 0 Å².